The van der Waals surface area contributed by atoms with Gasteiger partial charge < -0.3 is 4.74 Å². The first-order chi connectivity index (χ1) is 8.31. The number of fused-ring (bicyclic) bond motifs is 1. The van der Waals surface area contributed by atoms with E-state index in [0.29, 0.717) is 0 Å². The van der Waals surface area contributed by atoms with Crippen LogP contribution in [0.5, 0.6) is 0 Å². The minimum atomic E-state index is 0.871. The molecular formula is C13H14BrNOS. The number of benzene rings is 1. The summed E-state index contributed by atoms with van der Waals surface area (Å²) in [4.78, 5) is 3.91. The van der Waals surface area contributed by atoms with E-state index in [1.165, 1.54) is 15.0 Å². The maximum Gasteiger partial charge on any atom is 0.0594 e. The lowest BCUT2D eigenvalue weighted by atomic mass is 10.2. The molecular weight excluding hydrogens is 298 g/mol. The first kappa shape index (κ1) is 11.7. The molecule has 1 aliphatic heterocycles. The van der Waals surface area contributed by atoms with E-state index in [9.17, 15) is 0 Å². The molecule has 0 atom stereocenters. The first-order valence-electron chi connectivity index (χ1n) is 5.79. The second-order valence-electron chi connectivity index (χ2n) is 4.28. The van der Waals surface area contributed by atoms with Crippen LogP contribution in [0.25, 0.3) is 10.1 Å². The van der Waals surface area contributed by atoms with E-state index in [2.05, 4.69) is 45.1 Å². The molecule has 0 saturated carbocycles. The van der Waals surface area contributed by atoms with Gasteiger partial charge in [-0.3, -0.25) is 4.90 Å². The summed E-state index contributed by atoms with van der Waals surface area (Å²) in [5.74, 6) is 0. The van der Waals surface area contributed by atoms with Crippen LogP contribution in [-0.4, -0.2) is 31.2 Å². The summed E-state index contributed by atoms with van der Waals surface area (Å²) in [5, 5.41) is 1.34. The number of thiophene rings is 1. The lowest BCUT2D eigenvalue weighted by Gasteiger charge is -2.25. The zero-order chi connectivity index (χ0) is 11.7. The second-order valence-corrected chi connectivity index (χ2v) is 6.37. The van der Waals surface area contributed by atoms with Crippen LogP contribution in [0.15, 0.2) is 28.7 Å². The Bertz CT molecular complexity index is 519. The lowest BCUT2D eigenvalue weighted by Crippen LogP contribution is -2.35. The molecule has 3 rings (SSSR count). The molecule has 90 valence electrons. The lowest BCUT2D eigenvalue weighted by molar-refractivity contribution is 0.0346. The van der Waals surface area contributed by atoms with Gasteiger partial charge in [-0.2, -0.15) is 0 Å². The van der Waals surface area contributed by atoms with E-state index in [0.717, 1.165) is 37.3 Å². The number of hydrogen-bond acceptors (Lipinski definition) is 3. The van der Waals surface area contributed by atoms with Crippen molar-refractivity contribution in [2.24, 2.45) is 0 Å². The third kappa shape index (κ3) is 2.71. The Hall–Kier alpha value is -0.420. The van der Waals surface area contributed by atoms with Crippen molar-refractivity contribution in [2.45, 2.75) is 6.54 Å². The molecule has 4 heteroatoms. The van der Waals surface area contributed by atoms with Gasteiger partial charge in [0.05, 0.1) is 13.2 Å². The maximum atomic E-state index is 5.37. The normalized spacial score (nSPS) is 17.7. The quantitative estimate of drug-likeness (QED) is 0.841. The van der Waals surface area contributed by atoms with E-state index in [4.69, 9.17) is 4.74 Å². The minimum absolute atomic E-state index is 0.871. The molecule has 0 N–H and O–H groups in total. The summed E-state index contributed by atoms with van der Waals surface area (Å²) in [5.41, 5.74) is 0. The van der Waals surface area contributed by atoms with Crippen molar-refractivity contribution in [1.82, 2.24) is 4.90 Å². The smallest absolute Gasteiger partial charge is 0.0594 e. The van der Waals surface area contributed by atoms with Gasteiger partial charge in [-0.15, -0.1) is 11.3 Å². The molecule has 2 nitrogen and oxygen atoms in total. The molecule has 1 aromatic heterocycles. The molecule has 0 radical (unpaired) electrons. The van der Waals surface area contributed by atoms with Crippen LogP contribution in [0.4, 0.5) is 0 Å². The average Bonchev–Trinajstić information content (AvgIpc) is 2.71. The molecule has 0 aliphatic carbocycles. The van der Waals surface area contributed by atoms with Gasteiger partial charge in [-0.25, -0.2) is 0 Å². The Balaban J connectivity index is 1.80. The van der Waals surface area contributed by atoms with Gasteiger partial charge in [0.1, 0.15) is 0 Å². The molecule has 2 heterocycles. The van der Waals surface area contributed by atoms with E-state index in [1.807, 2.05) is 11.3 Å². The molecule has 2 aromatic rings. The highest BCUT2D eigenvalue weighted by atomic mass is 79.9. The summed E-state index contributed by atoms with van der Waals surface area (Å²) in [7, 11) is 0. The summed E-state index contributed by atoms with van der Waals surface area (Å²) in [6, 6.07) is 8.79. The van der Waals surface area contributed by atoms with Crippen molar-refractivity contribution in [2.75, 3.05) is 26.3 Å². The van der Waals surface area contributed by atoms with Crippen LogP contribution in [0.2, 0.25) is 0 Å². The highest BCUT2D eigenvalue weighted by molar-refractivity contribution is 9.10. The molecule has 0 bridgehead atoms. The summed E-state index contributed by atoms with van der Waals surface area (Å²) >= 11 is 5.41. The minimum Gasteiger partial charge on any atom is -0.379 e. The molecule has 0 unspecified atom stereocenters. The van der Waals surface area contributed by atoms with E-state index < -0.39 is 0 Å². The van der Waals surface area contributed by atoms with Crippen molar-refractivity contribution in [1.29, 1.82) is 0 Å². The van der Waals surface area contributed by atoms with E-state index >= 15 is 0 Å². The van der Waals surface area contributed by atoms with Crippen molar-refractivity contribution < 1.29 is 4.74 Å². The Labute approximate surface area is 113 Å². The highest BCUT2D eigenvalue weighted by Gasteiger charge is 2.12. The zero-order valence-corrected chi connectivity index (χ0v) is 11.9. The van der Waals surface area contributed by atoms with Crippen molar-refractivity contribution >= 4 is 37.4 Å². The van der Waals surface area contributed by atoms with Gasteiger partial charge in [0.2, 0.25) is 0 Å². The van der Waals surface area contributed by atoms with Gasteiger partial charge in [0.25, 0.3) is 0 Å². The zero-order valence-electron chi connectivity index (χ0n) is 9.49. The third-order valence-electron chi connectivity index (χ3n) is 3.01. The molecule has 1 saturated heterocycles. The van der Waals surface area contributed by atoms with Gasteiger partial charge in [0.15, 0.2) is 0 Å². The van der Waals surface area contributed by atoms with Crippen molar-refractivity contribution in [3.63, 3.8) is 0 Å². The van der Waals surface area contributed by atoms with Gasteiger partial charge in [-0.1, -0.05) is 15.9 Å². The number of morpholine rings is 1. The number of hydrogen-bond donors (Lipinski definition) is 0. The number of halogens is 1. The fourth-order valence-corrected chi connectivity index (χ4v) is 3.59. The molecule has 17 heavy (non-hydrogen) atoms. The van der Waals surface area contributed by atoms with Gasteiger partial charge >= 0.3 is 0 Å². The monoisotopic (exact) mass is 311 g/mol. The van der Waals surface area contributed by atoms with Gasteiger partial charge in [-0.05, 0) is 29.7 Å². The largest absolute Gasteiger partial charge is 0.379 e. The average molecular weight is 312 g/mol. The first-order valence-corrected chi connectivity index (χ1v) is 7.40. The topological polar surface area (TPSA) is 12.5 Å². The van der Waals surface area contributed by atoms with Crippen LogP contribution in [-0.2, 0) is 11.3 Å². The summed E-state index contributed by atoms with van der Waals surface area (Å²) in [6.45, 7) is 4.91. The maximum absolute atomic E-state index is 5.37. The van der Waals surface area contributed by atoms with Crippen LogP contribution < -0.4 is 0 Å². The predicted molar refractivity (Wildman–Crippen MR) is 75.6 cm³/mol. The van der Waals surface area contributed by atoms with E-state index in [1.54, 1.807) is 0 Å². The Morgan fingerprint density at radius 1 is 1.24 bits per heavy atom. The second kappa shape index (κ2) is 5.06. The summed E-state index contributed by atoms with van der Waals surface area (Å²) < 4.78 is 7.89. The Kier molecular flexibility index (Phi) is 3.47. The number of ether oxygens (including phenoxy) is 1. The molecule has 1 aliphatic rings. The van der Waals surface area contributed by atoms with Crippen LogP contribution in [0.3, 0.4) is 0 Å². The van der Waals surface area contributed by atoms with Crippen LogP contribution in [0.1, 0.15) is 4.88 Å². The number of nitrogens with zero attached hydrogens (tertiary/aromatic N) is 1. The predicted octanol–water partition coefficient (Wildman–Crippen LogP) is 3.50. The Morgan fingerprint density at radius 3 is 2.88 bits per heavy atom. The van der Waals surface area contributed by atoms with Crippen molar-refractivity contribution in [3.05, 3.63) is 33.6 Å². The van der Waals surface area contributed by atoms with E-state index in [-0.39, 0.29) is 0 Å². The third-order valence-corrected chi connectivity index (χ3v) is 4.61. The van der Waals surface area contributed by atoms with Crippen LogP contribution >= 0.6 is 27.3 Å². The van der Waals surface area contributed by atoms with Crippen molar-refractivity contribution in [3.8, 4) is 0 Å². The standard InChI is InChI=1S/C13H14BrNOS/c14-11-1-2-13-10(7-11)8-12(17-13)9-15-3-5-16-6-4-15/h1-2,7-8H,3-6,9H2. The molecule has 0 spiro atoms. The molecule has 1 fully saturated rings. The summed E-state index contributed by atoms with van der Waals surface area (Å²) in [6.07, 6.45) is 0. The number of rotatable bonds is 2. The fraction of sp³-hybridized carbons (Fsp3) is 0.385. The SMILES string of the molecule is Brc1ccc2sc(CN3CCOCC3)cc2c1. The Morgan fingerprint density at radius 2 is 2.06 bits per heavy atom. The molecule has 1 aromatic carbocycles. The van der Waals surface area contributed by atoms with Crippen LogP contribution in [0, 0.1) is 0 Å². The fourth-order valence-electron chi connectivity index (χ4n) is 2.13. The van der Waals surface area contributed by atoms with Gasteiger partial charge in [0, 0.05) is 33.7 Å². The highest BCUT2D eigenvalue weighted by Crippen LogP contribution is 2.29. The molecule has 0 amide bonds.